The van der Waals surface area contributed by atoms with E-state index in [1.54, 1.807) is 0 Å². The fourth-order valence-electron chi connectivity index (χ4n) is 8.21. The molecular weight excluding hydrogens is 657 g/mol. The summed E-state index contributed by atoms with van der Waals surface area (Å²) in [5.74, 6) is 0.656. The number of aromatic nitrogens is 4. The van der Waals surface area contributed by atoms with Crippen molar-refractivity contribution in [3.8, 4) is 45.1 Å². The van der Waals surface area contributed by atoms with Crippen LogP contribution in [-0.4, -0.2) is 19.1 Å². The van der Waals surface area contributed by atoms with Gasteiger partial charge in [0.15, 0.2) is 0 Å². The van der Waals surface area contributed by atoms with E-state index in [9.17, 15) is 0 Å². The van der Waals surface area contributed by atoms with Crippen LogP contribution in [0.5, 0.6) is 0 Å². The lowest BCUT2D eigenvalue weighted by atomic mass is 10.0. The Labute approximate surface area is 311 Å². The van der Waals surface area contributed by atoms with Crippen molar-refractivity contribution in [3.63, 3.8) is 0 Å². The molecule has 0 spiro atoms. The Bertz CT molecular complexity index is 3190. The van der Waals surface area contributed by atoms with Gasteiger partial charge in [0.25, 0.3) is 0 Å². The average molecular weight is 689 g/mol. The fourth-order valence-corrected chi connectivity index (χ4v) is 8.21. The maximum Gasteiger partial charge on any atom is 0.235 e. The monoisotopic (exact) mass is 688 g/mol. The zero-order chi connectivity index (χ0) is 35.6. The van der Waals surface area contributed by atoms with Gasteiger partial charge in [-0.1, -0.05) is 146 Å². The van der Waals surface area contributed by atoms with Gasteiger partial charge in [0.1, 0.15) is 0 Å². The van der Waals surface area contributed by atoms with Gasteiger partial charge in [-0.15, -0.1) is 0 Å². The summed E-state index contributed by atoms with van der Waals surface area (Å²) < 4.78 is 4.60. The molecule has 0 aliphatic rings. The second-order valence-corrected chi connectivity index (χ2v) is 13.8. The van der Waals surface area contributed by atoms with Crippen LogP contribution in [0.1, 0.15) is 0 Å². The highest BCUT2D eigenvalue weighted by molar-refractivity contribution is 6.12. The van der Waals surface area contributed by atoms with Crippen molar-refractivity contribution >= 4 is 54.5 Å². The number of fused-ring (bicyclic) bond motifs is 7. The topological polar surface area (TPSA) is 35.6 Å². The molecule has 0 aliphatic heterocycles. The average Bonchev–Trinajstić information content (AvgIpc) is 3.76. The number of nitrogens with zero attached hydrogens (tertiary/aromatic N) is 4. The summed E-state index contributed by atoms with van der Waals surface area (Å²) >= 11 is 0. The summed E-state index contributed by atoms with van der Waals surface area (Å²) in [4.78, 5) is 10.5. The summed E-state index contributed by atoms with van der Waals surface area (Å²) in [7, 11) is 0. The molecule has 11 aromatic rings. The first-order valence-electron chi connectivity index (χ1n) is 18.3. The highest BCUT2D eigenvalue weighted by Gasteiger charge is 2.19. The summed E-state index contributed by atoms with van der Waals surface area (Å²) in [5, 5.41) is 5.86. The minimum absolute atomic E-state index is 0.656. The quantitative estimate of drug-likeness (QED) is 0.180. The minimum Gasteiger partial charge on any atom is -0.309 e. The SMILES string of the molecule is c1ccc(-c2ccc(-c3nc(-n4c5ccccc5c5cc(-c6ccc7c8ccccc8n(-c8ccccc8)c7c6)ccc54)nc4ccccc34)cc2)cc1. The number of hydrogen-bond donors (Lipinski definition) is 0. The predicted molar refractivity (Wildman–Crippen MR) is 225 cm³/mol. The van der Waals surface area contributed by atoms with Crippen LogP contribution >= 0.6 is 0 Å². The standard InChI is InChI=1S/C50H32N4/c1-3-13-33(14-4-1)34-23-25-35(26-24-34)49-42-19-7-10-20-44(42)51-50(52-49)54-46-22-12-9-18-40(46)43-31-36(28-30-47(43)54)37-27-29-41-39-17-8-11-21-45(39)53(48(41)32-37)38-15-5-2-6-16-38/h1-32H. The predicted octanol–water partition coefficient (Wildman–Crippen LogP) is 12.8. The zero-order valence-electron chi connectivity index (χ0n) is 29.3. The first-order valence-corrected chi connectivity index (χ1v) is 18.3. The Morgan fingerprint density at radius 3 is 1.59 bits per heavy atom. The van der Waals surface area contributed by atoms with Crippen molar-refractivity contribution in [2.24, 2.45) is 0 Å². The molecule has 0 N–H and O–H groups in total. The summed E-state index contributed by atoms with van der Waals surface area (Å²) in [6.45, 7) is 0. The Morgan fingerprint density at radius 1 is 0.296 bits per heavy atom. The van der Waals surface area contributed by atoms with E-state index in [2.05, 4.69) is 191 Å². The highest BCUT2D eigenvalue weighted by Crippen LogP contribution is 2.39. The number of rotatable bonds is 5. The van der Waals surface area contributed by atoms with Crippen LogP contribution in [0.15, 0.2) is 194 Å². The fraction of sp³-hybridized carbons (Fsp3) is 0. The lowest BCUT2D eigenvalue weighted by Crippen LogP contribution is -2.03. The molecule has 0 radical (unpaired) electrons. The summed E-state index contributed by atoms with van der Waals surface area (Å²) in [5.41, 5.74) is 13.3. The van der Waals surface area contributed by atoms with E-state index in [1.165, 1.54) is 43.9 Å². The van der Waals surface area contributed by atoms with E-state index in [0.717, 1.165) is 49.8 Å². The number of hydrogen-bond acceptors (Lipinski definition) is 2. The second kappa shape index (κ2) is 12.1. The maximum atomic E-state index is 5.34. The molecule has 8 aromatic carbocycles. The highest BCUT2D eigenvalue weighted by atomic mass is 15.2. The van der Waals surface area contributed by atoms with E-state index in [-0.39, 0.29) is 0 Å². The first-order chi connectivity index (χ1) is 26.8. The molecule has 0 fully saturated rings. The minimum atomic E-state index is 0.656. The third-order valence-electron chi connectivity index (χ3n) is 10.8. The molecule has 4 nitrogen and oxygen atoms in total. The molecule has 11 rings (SSSR count). The van der Waals surface area contributed by atoms with E-state index < -0.39 is 0 Å². The molecular formula is C50H32N4. The molecule has 3 aromatic heterocycles. The molecule has 0 saturated heterocycles. The molecule has 252 valence electrons. The van der Waals surface area contributed by atoms with E-state index >= 15 is 0 Å². The summed E-state index contributed by atoms with van der Waals surface area (Å²) in [6.07, 6.45) is 0. The molecule has 54 heavy (non-hydrogen) atoms. The van der Waals surface area contributed by atoms with Crippen molar-refractivity contribution in [1.82, 2.24) is 19.1 Å². The van der Waals surface area contributed by atoms with E-state index in [4.69, 9.17) is 9.97 Å². The Morgan fingerprint density at radius 2 is 0.815 bits per heavy atom. The van der Waals surface area contributed by atoms with Crippen LogP contribution < -0.4 is 0 Å². The Kier molecular flexibility index (Phi) is 6.82. The van der Waals surface area contributed by atoms with Crippen LogP contribution in [0.3, 0.4) is 0 Å². The molecule has 0 unspecified atom stereocenters. The van der Waals surface area contributed by atoms with Gasteiger partial charge in [0.2, 0.25) is 5.95 Å². The van der Waals surface area contributed by atoms with E-state index in [1.807, 2.05) is 12.1 Å². The van der Waals surface area contributed by atoms with Crippen LogP contribution in [-0.2, 0) is 0 Å². The lowest BCUT2D eigenvalue weighted by molar-refractivity contribution is 1.01. The smallest absolute Gasteiger partial charge is 0.235 e. The van der Waals surface area contributed by atoms with Crippen LogP contribution in [0.4, 0.5) is 0 Å². The van der Waals surface area contributed by atoms with Crippen LogP contribution in [0.2, 0.25) is 0 Å². The van der Waals surface area contributed by atoms with Gasteiger partial charge < -0.3 is 4.57 Å². The number of para-hydroxylation sites is 4. The Hall–Kier alpha value is -7.30. The molecule has 0 bridgehead atoms. The molecule has 0 saturated carbocycles. The van der Waals surface area contributed by atoms with Crippen molar-refractivity contribution < 1.29 is 0 Å². The van der Waals surface area contributed by atoms with Crippen molar-refractivity contribution in [1.29, 1.82) is 0 Å². The summed E-state index contributed by atoms with van der Waals surface area (Å²) in [6, 6.07) is 69.1. The lowest BCUT2D eigenvalue weighted by Gasteiger charge is -2.12. The third kappa shape index (κ3) is 4.78. The molecule has 0 aliphatic carbocycles. The molecule has 0 amide bonds. The maximum absolute atomic E-state index is 5.34. The van der Waals surface area contributed by atoms with Crippen molar-refractivity contribution in [2.75, 3.05) is 0 Å². The van der Waals surface area contributed by atoms with E-state index in [0.29, 0.717) is 5.95 Å². The largest absolute Gasteiger partial charge is 0.309 e. The van der Waals surface area contributed by atoms with Crippen molar-refractivity contribution in [2.45, 2.75) is 0 Å². The van der Waals surface area contributed by atoms with Gasteiger partial charge in [0, 0.05) is 38.2 Å². The molecule has 3 heterocycles. The van der Waals surface area contributed by atoms with Gasteiger partial charge in [-0.25, -0.2) is 9.97 Å². The molecule has 0 atom stereocenters. The molecule has 4 heteroatoms. The van der Waals surface area contributed by atoms with Gasteiger partial charge >= 0.3 is 0 Å². The van der Waals surface area contributed by atoms with Crippen molar-refractivity contribution in [3.05, 3.63) is 194 Å². The van der Waals surface area contributed by atoms with Crippen LogP contribution in [0, 0.1) is 0 Å². The van der Waals surface area contributed by atoms with Crippen LogP contribution in [0.25, 0.3) is 99.7 Å². The number of benzene rings is 8. The van der Waals surface area contributed by atoms with Gasteiger partial charge in [-0.05, 0) is 70.8 Å². The van der Waals surface area contributed by atoms with Gasteiger partial charge in [0.05, 0.1) is 33.3 Å². The zero-order valence-corrected chi connectivity index (χ0v) is 29.3. The second-order valence-electron chi connectivity index (χ2n) is 13.8. The normalized spacial score (nSPS) is 11.7. The van der Waals surface area contributed by atoms with Gasteiger partial charge in [-0.2, -0.15) is 0 Å². The third-order valence-corrected chi connectivity index (χ3v) is 10.8. The first kappa shape index (κ1) is 30.3. The van der Waals surface area contributed by atoms with Gasteiger partial charge in [-0.3, -0.25) is 4.57 Å². The Balaban J connectivity index is 1.08.